The highest BCUT2D eigenvalue weighted by molar-refractivity contribution is 5.70. The van der Waals surface area contributed by atoms with Crippen LogP contribution in [-0.2, 0) is 16.0 Å². The van der Waals surface area contributed by atoms with E-state index in [1.807, 2.05) is 25.2 Å². The molecule has 110 valence electrons. The summed E-state index contributed by atoms with van der Waals surface area (Å²) >= 11 is 0. The van der Waals surface area contributed by atoms with Crippen molar-refractivity contribution in [2.45, 2.75) is 18.9 Å². The highest BCUT2D eigenvalue weighted by atomic mass is 16.5. The molecule has 2 aromatic rings. The molecule has 3 nitrogen and oxygen atoms in total. The van der Waals surface area contributed by atoms with Gasteiger partial charge in [0.15, 0.2) is 0 Å². The van der Waals surface area contributed by atoms with Crippen LogP contribution in [-0.4, -0.2) is 26.2 Å². The highest BCUT2D eigenvalue weighted by Gasteiger charge is 2.12. The van der Waals surface area contributed by atoms with Gasteiger partial charge >= 0.3 is 5.97 Å². The Morgan fingerprint density at radius 2 is 1.67 bits per heavy atom. The zero-order valence-electron chi connectivity index (χ0n) is 12.5. The Bertz CT molecular complexity index is 564. The van der Waals surface area contributed by atoms with Gasteiger partial charge in [0.2, 0.25) is 0 Å². The molecule has 0 aromatic heterocycles. The normalized spacial score (nSPS) is 11.9. The molecule has 0 radical (unpaired) electrons. The molecule has 2 rings (SSSR count). The number of hydrogen-bond acceptors (Lipinski definition) is 3. The van der Waals surface area contributed by atoms with Crippen molar-refractivity contribution in [1.29, 1.82) is 0 Å². The molecule has 0 fully saturated rings. The summed E-state index contributed by atoms with van der Waals surface area (Å²) in [5.74, 6) is -0.185. The Morgan fingerprint density at radius 1 is 1.05 bits per heavy atom. The second kappa shape index (κ2) is 7.60. The fraction of sp³-hybridized carbons (Fsp3) is 0.278. The number of ether oxygens (including phenoxy) is 1. The van der Waals surface area contributed by atoms with Crippen LogP contribution in [0.3, 0.4) is 0 Å². The first-order valence-corrected chi connectivity index (χ1v) is 7.11. The largest absolute Gasteiger partial charge is 0.469 e. The summed E-state index contributed by atoms with van der Waals surface area (Å²) in [5.41, 5.74) is 3.62. The van der Waals surface area contributed by atoms with E-state index >= 15 is 0 Å². The summed E-state index contributed by atoms with van der Waals surface area (Å²) in [6.07, 6.45) is 1.19. The van der Waals surface area contributed by atoms with Gasteiger partial charge in [0.05, 0.1) is 13.5 Å². The van der Waals surface area contributed by atoms with E-state index in [-0.39, 0.29) is 12.0 Å². The van der Waals surface area contributed by atoms with Crippen LogP contribution >= 0.6 is 0 Å². The molecule has 3 heteroatoms. The van der Waals surface area contributed by atoms with E-state index in [4.69, 9.17) is 4.74 Å². The molecule has 0 aliphatic rings. The first-order valence-electron chi connectivity index (χ1n) is 7.11. The first kappa shape index (κ1) is 15.3. The number of carbonyl (C=O) groups is 1. The van der Waals surface area contributed by atoms with Gasteiger partial charge in [0, 0.05) is 6.04 Å². The van der Waals surface area contributed by atoms with Gasteiger partial charge in [0.1, 0.15) is 0 Å². The van der Waals surface area contributed by atoms with Crippen LogP contribution in [0.2, 0.25) is 0 Å². The lowest BCUT2D eigenvalue weighted by Gasteiger charge is -2.15. The molecule has 0 heterocycles. The third-order valence-electron chi connectivity index (χ3n) is 3.59. The summed E-state index contributed by atoms with van der Waals surface area (Å²) in [6.45, 7) is 0. The van der Waals surface area contributed by atoms with Crippen LogP contribution < -0.4 is 5.32 Å². The molecule has 1 unspecified atom stereocenters. The zero-order chi connectivity index (χ0) is 15.1. The van der Waals surface area contributed by atoms with E-state index < -0.39 is 0 Å². The Kier molecular flexibility index (Phi) is 5.52. The topological polar surface area (TPSA) is 38.3 Å². The summed E-state index contributed by atoms with van der Waals surface area (Å²) in [4.78, 5) is 11.3. The van der Waals surface area contributed by atoms with Crippen molar-refractivity contribution < 1.29 is 9.53 Å². The van der Waals surface area contributed by atoms with Crippen molar-refractivity contribution in [3.8, 4) is 11.1 Å². The maximum absolute atomic E-state index is 11.3. The van der Waals surface area contributed by atoms with Crippen LogP contribution in [0.1, 0.15) is 12.0 Å². The van der Waals surface area contributed by atoms with E-state index in [0.29, 0.717) is 6.42 Å². The molecule has 0 bridgehead atoms. The summed E-state index contributed by atoms with van der Waals surface area (Å²) in [6, 6.07) is 18.9. The smallest absolute Gasteiger partial charge is 0.307 e. The van der Waals surface area contributed by atoms with E-state index in [0.717, 1.165) is 6.42 Å². The number of likely N-dealkylation sites (N-methyl/N-ethyl adjacent to an activating group) is 1. The Labute approximate surface area is 126 Å². The second-order valence-corrected chi connectivity index (χ2v) is 5.03. The predicted molar refractivity (Wildman–Crippen MR) is 85.1 cm³/mol. The van der Waals surface area contributed by atoms with Crippen LogP contribution in [0.5, 0.6) is 0 Å². The molecule has 0 saturated heterocycles. The van der Waals surface area contributed by atoms with E-state index in [2.05, 4.69) is 41.7 Å². The summed E-state index contributed by atoms with van der Waals surface area (Å²) in [5, 5.41) is 3.16. The minimum atomic E-state index is -0.185. The Morgan fingerprint density at radius 3 is 2.24 bits per heavy atom. The fourth-order valence-corrected chi connectivity index (χ4v) is 2.31. The molecular formula is C18H21NO2. The highest BCUT2D eigenvalue weighted by Crippen LogP contribution is 2.20. The Balaban J connectivity index is 2.03. The molecule has 0 spiro atoms. The van der Waals surface area contributed by atoms with Gasteiger partial charge in [-0.2, -0.15) is 0 Å². The number of carbonyl (C=O) groups excluding carboxylic acids is 1. The molecule has 2 aromatic carbocycles. The Hall–Kier alpha value is -2.13. The average Bonchev–Trinajstić information content (AvgIpc) is 2.55. The van der Waals surface area contributed by atoms with Gasteiger partial charge in [-0.05, 0) is 30.2 Å². The molecule has 1 atom stereocenters. The summed E-state index contributed by atoms with van der Waals surface area (Å²) in [7, 11) is 3.29. The molecule has 0 saturated carbocycles. The van der Waals surface area contributed by atoms with Crippen LogP contribution in [0.25, 0.3) is 11.1 Å². The summed E-state index contributed by atoms with van der Waals surface area (Å²) < 4.78 is 4.72. The first-order chi connectivity index (χ1) is 10.2. The van der Waals surface area contributed by atoms with Crippen molar-refractivity contribution in [2.75, 3.05) is 14.2 Å². The maximum Gasteiger partial charge on any atom is 0.307 e. The SMILES string of the molecule is CNC(CC(=O)OC)Cc1ccc(-c2ccccc2)cc1. The van der Waals surface area contributed by atoms with Gasteiger partial charge in [-0.3, -0.25) is 4.79 Å². The fourth-order valence-electron chi connectivity index (χ4n) is 2.31. The lowest BCUT2D eigenvalue weighted by atomic mass is 9.99. The van der Waals surface area contributed by atoms with Crippen LogP contribution in [0.4, 0.5) is 0 Å². The van der Waals surface area contributed by atoms with E-state index in [9.17, 15) is 4.79 Å². The standard InChI is InChI=1S/C18H21NO2/c1-19-17(13-18(20)21-2)12-14-8-10-16(11-9-14)15-6-4-3-5-7-15/h3-11,17,19H,12-13H2,1-2H3. The zero-order valence-corrected chi connectivity index (χ0v) is 12.5. The minimum absolute atomic E-state index is 0.0972. The second-order valence-electron chi connectivity index (χ2n) is 5.03. The van der Waals surface area contributed by atoms with E-state index in [1.54, 1.807) is 0 Å². The number of nitrogens with one attached hydrogen (secondary N) is 1. The average molecular weight is 283 g/mol. The van der Waals surface area contributed by atoms with Gasteiger partial charge in [-0.15, -0.1) is 0 Å². The number of rotatable bonds is 6. The van der Waals surface area contributed by atoms with Gasteiger partial charge < -0.3 is 10.1 Å². The van der Waals surface area contributed by atoms with Crippen molar-refractivity contribution in [2.24, 2.45) is 0 Å². The molecule has 0 aliphatic heterocycles. The van der Waals surface area contributed by atoms with Crippen LogP contribution in [0.15, 0.2) is 54.6 Å². The molecule has 0 amide bonds. The van der Waals surface area contributed by atoms with Gasteiger partial charge in [-0.25, -0.2) is 0 Å². The number of esters is 1. The quantitative estimate of drug-likeness (QED) is 0.828. The number of benzene rings is 2. The van der Waals surface area contributed by atoms with Crippen molar-refractivity contribution in [3.63, 3.8) is 0 Å². The molecule has 0 aliphatic carbocycles. The van der Waals surface area contributed by atoms with Gasteiger partial charge in [0.25, 0.3) is 0 Å². The maximum atomic E-state index is 11.3. The number of hydrogen-bond donors (Lipinski definition) is 1. The van der Waals surface area contributed by atoms with Crippen molar-refractivity contribution in [1.82, 2.24) is 5.32 Å². The minimum Gasteiger partial charge on any atom is -0.469 e. The predicted octanol–water partition coefficient (Wildman–Crippen LogP) is 3.05. The lowest BCUT2D eigenvalue weighted by Crippen LogP contribution is -2.30. The van der Waals surface area contributed by atoms with Crippen LogP contribution in [0, 0.1) is 0 Å². The number of methoxy groups -OCH3 is 1. The molecule has 1 N–H and O–H groups in total. The van der Waals surface area contributed by atoms with E-state index in [1.165, 1.54) is 23.8 Å². The van der Waals surface area contributed by atoms with Crippen molar-refractivity contribution >= 4 is 5.97 Å². The monoisotopic (exact) mass is 283 g/mol. The third-order valence-corrected chi connectivity index (χ3v) is 3.59. The van der Waals surface area contributed by atoms with Gasteiger partial charge in [-0.1, -0.05) is 54.6 Å². The van der Waals surface area contributed by atoms with Crippen molar-refractivity contribution in [3.05, 3.63) is 60.2 Å². The lowest BCUT2D eigenvalue weighted by molar-refractivity contribution is -0.141. The molecular weight excluding hydrogens is 262 g/mol. The third kappa shape index (κ3) is 4.43. The molecule has 21 heavy (non-hydrogen) atoms.